The van der Waals surface area contributed by atoms with Gasteiger partial charge in [0.15, 0.2) is 0 Å². The molecule has 1 aliphatic heterocycles. The summed E-state index contributed by atoms with van der Waals surface area (Å²) in [7, 11) is 0. The third kappa shape index (κ3) is 16.1. The van der Waals surface area contributed by atoms with Crippen molar-refractivity contribution >= 4 is 40.3 Å². The van der Waals surface area contributed by atoms with Crippen LogP contribution in [0, 0.1) is 92.5 Å². The van der Waals surface area contributed by atoms with Crippen LogP contribution in [0.4, 0.5) is 4.39 Å². The first-order valence-electron chi connectivity index (χ1n) is 14.3. The van der Waals surface area contributed by atoms with Crippen molar-refractivity contribution in [2.24, 2.45) is 5.41 Å². The summed E-state index contributed by atoms with van der Waals surface area (Å²) in [5.74, 6) is 0.536. The van der Waals surface area contributed by atoms with Gasteiger partial charge in [0.1, 0.15) is 5.75 Å². The van der Waals surface area contributed by atoms with Crippen molar-refractivity contribution in [3.63, 3.8) is 0 Å². The van der Waals surface area contributed by atoms with E-state index in [-0.39, 0.29) is 68.0 Å². The Balaban J connectivity index is 0.000000460. The van der Waals surface area contributed by atoms with Crippen LogP contribution in [0.3, 0.4) is 0 Å². The van der Waals surface area contributed by atoms with Crippen LogP contribution >= 0.6 is 23.2 Å². The van der Waals surface area contributed by atoms with E-state index in [1.54, 1.807) is 30.3 Å². The maximum Gasteiger partial charge on any atom is 2.00 e. The molecular formula is C36H37Cl2FO4U2. The molecule has 234 valence electrons. The average molecular weight is 1100 g/mol. The minimum absolute atomic E-state index is 0. The van der Waals surface area contributed by atoms with E-state index in [0.29, 0.717) is 26.6 Å². The Morgan fingerprint density at radius 1 is 0.956 bits per heavy atom. The summed E-state index contributed by atoms with van der Waals surface area (Å²) < 4.78 is 29.3. The zero-order valence-electron chi connectivity index (χ0n) is 25.5. The number of rotatable bonds is 12. The van der Waals surface area contributed by atoms with Crippen LogP contribution < -0.4 is 4.74 Å². The minimum Gasteiger partial charge on any atom is -0.494 e. The van der Waals surface area contributed by atoms with Crippen molar-refractivity contribution in [2.45, 2.75) is 39.0 Å². The predicted molar refractivity (Wildman–Crippen MR) is 172 cm³/mol. The van der Waals surface area contributed by atoms with E-state index >= 15 is 0 Å². The van der Waals surface area contributed by atoms with Crippen LogP contribution in [-0.2, 0) is 14.3 Å². The molecule has 4 nitrogen and oxygen atoms in total. The first-order chi connectivity index (χ1) is 20.8. The van der Waals surface area contributed by atoms with E-state index < -0.39 is 0 Å². The van der Waals surface area contributed by atoms with Gasteiger partial charge in [0, 0.05) is 12.0 Å². The summed E-state index contributed by atoms with van der Waals surface area (Å²) in [5.41, 5.74) is 1.46. The fourth-order valence-corrected chi connectivity index (χ4v) is 4.61. The Labute approximate surface area is 324 Å². The molecule has 1 saturated heterocycles. The van der Waals surface area contributed by atoms with Gasteiger partial charge in [0.05, 0.1) is 38.5 Å². The van der Waals surface area contributed by atoms with E-state index in [1.165, 1.54) is 18.6 Å². The van der Waals surface area contributed by atoms with Crippen LogP contribution in [0.2, 0.25) is 10.0 Å². The molecule has 0 bridgehead atoms. The number of hydrogen-bond acceptors (Lipinski definition) is 4. The van der Waals surface area contributed by atoms with Crippen LogP contribution in [0.5, 0.6) is 5.75 Å². The predicted octanol–water partition coefficient (Wildman–Crippen LogP) is 9.28. The first kappa shape index (κ1) is 42.0. The molecule has 0 radical (unpaired) electrons. The molecule has 5 rings (SSSR count). The second kappa shape index (κ2) is 23.4. The third-order valence-electron chi connectivity index (χ3n) is 6.89. The van der Waals surface area contributed by atoms with Crippen LogP contribution in [-0.4, -0.2) is 39.3 Å². The topological polar surface area (TPSA) is 44.8 Å². The Bertz CT molecular complexity index is 1350. The molecule has 4 aromatic carbocycles. The molecule has 0 saturated carbocycles. The third-order valence-corrected chi connectivity index (χ3v) is 7.33. The van der Waals surface area contributed by atoms with Crippen LogP contribution in [0.1, 0.15) is 50.2 Å². The second-order valence-corrected chi connectivity index (χ2v) is 11.2. The molecule has 1 heterocycles. The fraction of sp³-hybridized carbons (Fsp3) is 0.333. The largest absolute Gasteiger partial charge is 2.00 e. The summed E-state index contributed by atoms with van der Waals surface area (Å²) >= 11 is 10.9. The molecule has 1 aliphatic rings. The number of unbranched alkanes of at least 4 members (excludes halogenated alkanes) is 3. The maximum atomic E-state index is 12.3. The molecule has 9 heteroatoms. The quantitative estimate of drug-likeness (QED) is 0.105. The van der Waals surface area contributed by atoms with E-state index in [1.807, 2.05) is 36.6 Å². The first-order valence-corrected chi connectivity index (χ1v) is 15.1. The van der Waals surface area contributed by atoms with E-state index in [4.69, 9.17) is 37.4 Å². The Morgan fingerprint density at radius 3 is 2.22 bits per heavy atom. The van der Waals surface area contributed by atoms with Gasteiger partial charge >= 0.3 is 62.2 Å². The molecule has 0 aromatic heterocycles. The number of benzene rings is 4. The van der Waals surface area contributed by atoms with Crippen molar-refractivity contribution in [3.05, 3.63) is 119 Å². The van der Waals surface area contributed by atoms with E-state index in [0.717, 1.165) is 75.2 Å². The zero-order valence-corrected chi connectivity index (χ0v) is 35.3. The van der Waals surface area contributed by atoms with Crippen molar-refractivity contribution in [3.8, 4) is 5.75 Å². The molecule has 1 fully saturated rings. The van der Waals surface area contributed by atoms with E-state index in [2.05, 4.69) is 26.0 Å². The number of halogens is 3. The normalized spacial score (nSPS) is 12.5. The molecule has 4 aromatic rings. The van der Waals surface area contributed by atoms with Crippen molar-refractivity contribution in [2.75, 3.05) is 33.0 Å². The number of fused-ring (bicyclic) bond motifs is 1. The molecule has 0 unspecified atom stereocenters. The average Bonchev–Trinajstić information content (AvgIpc) is 2.97. The van der Waals surface area contributed by atoms with Gasteiger partial charge in [0.25, 0.3) is 0 Å². The van der Waals surface area contributed by atoms with Gasteiger partial charge in [-0.05, 0) is 54.3 Å². The number of hydrogen-bond donors (Lipinski definition) is 0. The SMILES string of the molecule is CCC1(COCCCCCCOc2ccc3cc([C-]=O)ccc3c2)COC1.Clc1[c-]cc[c-]c1.[CH2-]c1cc(F)cc(Cl)c1.[U+2].[U+2]. The van der Waals surface area contributed by atoms with Gasteiger partial charge < -0.3 is 31.1 Å². The van der Waals surface area contributed by atoms with Gasteiger partial charge in [0.2, 0.25) is 0 Å². The Morgan fingerprint density at radius 2 is 1.67 bits per heavy atom. The molecule has 0 amide bonds. The minimum atomic E-state index is -0.340. The van der Waals surface area contributed by atoms with Crippen LogP contribution in [0.25, 0.3) is 10.8 Å². The number of ether oxygens (including phenoxy) is 3. The van der Waals surface area contributed by atoms with Gasteiger partial charge in [-0.2, -0.15) is 46.8 Å². The summed E-state index contributed by atoms with van der Waals surface area (Å²) in [6.07, 6.45) is 7.52. The molecule has 0 N–H and O–H groups in total. The van der Waals surface area contributed by atoms with Gasteiger partial charge in [-0.25, -0.2) is 4.39 Å². The maximum absolute atomic E-state index is 12.3. The van der Waals surface area contributed by atoms with Gasteiger partial charge in [-0.3, -0.25) is 18.2 Å². The molecule has 0 atom stereocenters. The summed E-state index contributed by atoms with van der Waals surface area (Å²) in [4.78, 5) is 10.7. The Kier molecular flexibility index (Phi) is 21.8. The van der Waals surface area contributed by atoms with Gasteiger partial charge in [-0.15, -0.1) is 18.2 Å². The van der Waals surface area contributed by atoms with Gasteiger partial charge in [-0.1, -0.05) is 36.4 Å². The van der Waals surface area contributed by atoms with Crippen molar-refractivity contribution in [1.29, 1.82) is 0 Å². The molecule has 45 heavy (non-hydrogen) atoms. The fourth-order valence-electron chi connectivity index (χ4n) is 4.24. The summed E-state index contributed by atoms with van der Waals surface area (Å²) in [5, 5.41) is 3.11. The smallest absolute Gasteiger partial charge is 0.494 e. The zero-order chi connectivity index (χ0) is 30.9. The van der Waals surface area contributed by atoms with E-state index in [9.17, 15) is 9.18 Å². The van der Waals surface area contributed by atoms with Crippen molar-refractivity contribution < 1.29 is 85.6 Å². The number of carbonyl (C=O) groups excluding carboxylic acids is 1. The van der Waals surface area contributed by atoms with Crippen LogP contribution in [0.15, 0.2) is 72.8 Å². The summed E-state index contributed by atoms with van der Waals surface area (Å²) in [6.45, 7) is 9.84. The summed E-state index contributed by atoms with van der Waals surface area (Å²) in [6, 6.07) is 26.4. The second-order valence-electron chi connectivity index (χ2n) is 10.4. The molecule has 0 aliphatic carbocycles. The van der Waals surface area contributed by atoms with Crippen molar-refractivity contribution in [1.82, 2.24) is 0 Å². The Hall–Kier alpha value is -0.986. The monoisotopic (exact) mass is 1100 g/mol. The molecular weight excluding hydrogens is 1060 g/mol. The molecule has 0 spiro atoms. The standard InChI is InChI=1S/C23H29O4.C7H5ClF.C6H3Cl.2U/c1-2-23(17-26-18-23)16-25-11-5-3-4-6-12-27-22-10-9-20-13-19(15-24)7-8-21(20)14-22;1-5-2-6(8)4-7(9)3-5;7-6-4-2-1-3-5-6;;/h7-10,13-14H,2-6,11-12,16-18H2,1H3;2-4H,1H2;1-2,5H;;/q2*-1;-2;2*+2.